The monoisotopic (exact) mass is 514 g/mol. The van der Waals surface area contributed by atoms with Crippen molar-refractivity contribution in [3.05, 3.63) is 77.9 Å². The number of esters is 1. The molecule has 3 rings (SSSR count). The van der Waals surface area contributed by atoms with Gasteiger partial charge >= 0.3 is 11.9 Å². The first-order valence-corrected chi connectivity index (χ1v) is 13.3. The van der Waals surface area contributed by atoms with Crippen LogP contribution in [0.4, 0.5) is 0 Å². The number of carbonyl (C=O) groups is 2. The summed E-state index contributed by atoms with van der Waals surface area (Å²) in [6, 6.07) is 0. The average Bonchev–Trinajstić information content (AvgIpc) is 2.86. The summed E-state index contributed by atoms with van der Waals surface area (Å²) in [5.41, 5.74) is 18.6. The predicted octanol–water partition coefficient (Wildman–Crippen LogP) is 8.46. The van der Waals surface area contributed by atoms with Crippen molar-refractivity contribution >= 4 is 11.9 Å². The summed E-state index contributed by atoms with van der Waals surface area (Å²) in [6.45, 7) is 24.9. The number of carbonyl (C=O) groups excluding carboxylic acids is 1. The van der Waals surface area contributed by atoms with E-state index in [4.69, 9.17) is 4.74 Å². The second-order valence-corrected chi connectivity index (χ2v) is 10.8. The van der Waals surface area contributed by atoms with E-state index in [1.165, 1.54) is 51.6 Å². The molecule has 0 spiro atoms. The van der Waals surface area contributed by atoms with E-state index in [1.807, 2.05) is 41.5 Å². The SMILES string of the molecule is CCc1c(C)c(C(=O)OC)c(C)c(C)c1-c1c(C)c(C)c(-c2c(C)c(C)c(C(=O)O)c(C)c2C)c(C)c1C. The summed E-state index contributed by atoms with van der Waals surface area (Å²) in [5.74, 6) is -1.17. The van der Waals surface area contributed by atoms with Gasteiger partial charge in [-0.3, -0.25) is 0 Å². The van der Waals surface area contributed by atoms with Gasteiger partial charge in [0.15, 0.2) is 0 Å². The third kappa shape index (κ3) is 4.15. The molecule has 0 aromatic heterocycles. The highest BCUT2D eigenvalue weighted by atomic mass is 16.5. The summed E-state index contributed by atoms with van der Waals surface area (Å²) in [4.78, 5) is 24.7. The highest BCUT2D eigenvalue weighted by Gasteiger charge is 2.28. The van der Waals surface area contributed by atoms with Gasteiger partial charge in [0.25, 0.3) is 0 Å². The molecular formula is C34H42O4. The Hall–Kier alpha value is -3.40. The highest BCUT2D eigenvalue weighted by Crippen LogP contribution is 2.46. The molecule has 0 saturated heterocycles. The van der Waals surface area contributed by atoms with E-state index in [0.717, 1.165) is 50.9 Å². The summed E-state index contributed by atoms with van der Waals surface area (Å²) in [5, 5.41) is 9.88. The van der Waals surface area contributed by atoms with Crippen LogP contribution < -0.4 is 0 Å². The van der Waals surface area contributed by atoms with Crippen molar-refractivity contribution in [2.45, 2.75) is 89.5 Å². The Kier molecular flexibility index (Phi) is 7.98. The van der Waals surface area contributed by atoms with Crippen LogP contribution in [0.5, 0.6) is 0 Å². The van der Waals surface area contributed by atoms with E-state index in [0.29, 0.717) is 11.1 Å². The number of carboxylic acids is 1. The fourth-order valence-corrected chi connectivity index (χ4v) is 6.48. The average molecular weight is 515 g/mol. The summed E-state index contributed by atoms with van der Waals surface area (Å²) < 4.78 is 5.14. The third-order valence-corrected chi connectivity index (χ3v) is 9.15. The van der Waals surface area contributed by atoms with E-state index in [-0.39, 0.29) is 5.97 Å². The minimum atomic E-state index is -0.877. The summed E-state index contributed by atoms with van der Waals surface area (Å²) in [7, 11) is 1.44. The van der Waals surface area contributed by atoms with Crippen molar-refractivity contribution in [3.8, 4) is 22.3 Å². The smallest absolute Gasteiger partial charge is 0.338 e. The molecule has 0 aliphatic rings. The molecule has 0 aliphatic heterocycles. The number of methoxy groups -OCH3 is 1. The van der Waals surface area contributed by atoms with E-state index < -0.39 is 5.97 Å². The number of carboxylic acid groups (broad SMARTS) is 1. The maximum absolute atomic E-state index is 12.7. The molecule has 38 heavy (non-hydrogen) atoms. The van der Waals surface area contributed by atoms with E-state index in [1.54, 1.807) is 0 Å². The van der Waals surface area contributed by atoms with Crippen molar-refractivity contribution in [2.75, 3.05) is 7.11 Å². The molecule has 4 heteroatoms. The van der Waals surface area contributed by atoms with Crippen LogP contribution in [0.1, 0.15) is 94.4 Å². The van der Waals surface area contributed by atoms with Crippen molar-refractivity contribution in [3.63, 3.8) is 0 Å². The van der Waals surface area contributed by atoms with Crippen molar-refractivity contribution in [2.24, 2.45) is 0 Å². The van der Waals surface area contributed by atoms with Crippen LogP contribution in [0.2, 0.25) is 0 Å². The standard InChI is InChI=1S/C34H42O4/c1-14-26-25(12)31(34(37)38-13)23(10)24(11)32(26)29-17(4)15(2)27(16(3)18(29)5)28-19(6)21(8)30(33(35)36)22(9)20(28)7/h14H2,1-13H3,(H,35,36). The number of aromatic carboxylic acids is 1. The Bertz CT molecular complexity index is 1460. The third-order valence-electron chi connectivity index (χ3n) is 9.15. The molecule has 0 saturated carbocycles. The van der Waals surface area contributed by atoms with Gasteiger partial charge in [0.2, 0.25) is 0 Å². The zero-order chi connectivity index (χ0) is 29.0. The predicted molar refractivity (Wildman–Crippen MR) is 157 cm³/mol. The molecule has 0 atom stereocenters. The van der Waals surface area contributed by atoms with Gasteiger partial charge in [-0.25, -0.2) is 9.59 Å². The van der Waals surface area contributed by atoms with Gasteiger partial charge < -0.3 is 9.84 Å². The van der Waals surface area contributed by atoms with Crippen LogP contribution in [0.25, 0.3) is 22.3 Å². The van der Waals surface area contributed by atoms with E-state index in [9.17, 15) is 14.7 Å². The Morgan fingerprint density at radius 1 is 0.526 bits per heavy atom. The van der Waals surface area contributed by atoms with E-state index >= 15 is 0 Å². The van der Waals surface area contributed by atoms with Gasteiger partial charge in [0.1, 0.15) is 0 Å². The van der Waals surface area contributed by atoms with Crippen LogP contribution in [-0.2, 0) is 11.2 Å². The lowest BCUT2D eigenvalue weighted by molar-refractivity contribution is 0.0598. The van der Waals surface area contributed by atoms with E-state index in [2.05, 4.69) is 41.5 Å². The molecule has 0 unspecified atom stereocenters. The Labute approximate surface area is 228 Å². The first-order valence-electron chi connectivity index (χ1n) is 13.3. The maximum Gasteiger partial charge on any atom is 0.338 e. The normalized spacial score (nSPS) is 11.2. The molecule has 4 nitrogen and oxygen atoms in total. The fourth-order valence-electron chi connectivity index (χ4n) is 6.48. The maximum atomic E-state index is 12.7. The van der Waals surface area contributed by atoms with Crippen LogP contribution in [0.15, 0.2) is 0 Å². The Balaban J connectivity index is 2.51. The molecule has 1 N–H and O–H groups in total. The molecule has 0 fully saturated rings. The van der Waals surface area contributed by atoms with Crippen LogP contribution in [0, 0.1) is 76.2 Å². The topological polar surface area (TPSA) is 63.6 Å². The number of ether oxygens (including phenoxy) is 1. The molecule has 0 amide bonds. The largest absolute Gasteiger partial charge is 0.478 e. The van der Waals surface area contributed by atoms with Crippen molar-refractivity contribution < 1.29 is 19.4 Å². The molecule has 3 aromatic rings. The molecule has 0 radical (unpaired) electrons. The van der Waals surface area contributed by atoms with Gasteiger partial charge in [-0.05, 0) is 172 Å². The zero-order valence-corrected chi connectivity index (χ0v) is 25.4. The number of rotatable bonds is 5. The number of hydrogen-bond acceptors (Lipinski definition) is 3. The second kappa shape index (κ2) is 10.4. The lowest BCUT2D eigenvalue weighted by Gasteiger charge is -2.28. The highest BCUT2D eigenvalue weighted by molar-refractivity contribution is 5.98. The fraction of sp³-hybridized carbons (Fsp3) is 0.412. The summed E-state index contributed by atoms with van der Waals surface area (Å²) >= 11 is 0. The molecule has 202 valence electrons. The second-order valence-electron chi connectivity index (χ2n) is 10.8. The molecule has 0 bridgehead atoms. The van der Waals surface area contributed by atoms with Gasteiger partial charge in [-0.1, -0.05) is 6.92 Å². The molecule has 0 heterocycles. The first-order chi connectivity index (χ1) is 17.6. The summed E-state index contributed by atoms with van der Waals surface area (Å²) in [6.07, 6.45) is 0.804. The van der Waals surface area contributed by atoms with Crippen LogP contribution in [-0.4, -0.2) is 24.2 Å². The lowest BCUT2D eigenvalue weighted by atomic mass is 9.76. The lowest BCUT2D eigenvalue weighted by Crippen LogP contribution is -2.13. The minimum Gasteiger partial charge on any atom is -0.478 e. The van der Waals surface area contributed by atoms with Crippen molar-refractivity contribution in [1.29, 1.82) is 0 Å². The quantitative estimate of drug-likeness (QED) is 0.347. The molecular weight excluding hydrogens is 472 g/mol. The number of benzene rings is 3. The zero-order valence-electron chi connectivity index (χ0n) is 25.4. The van der Waals surface area contributed by atoms with Crippen LogP contribution in [0.3, 0.4) is 0 Å². The number of hydrogen-bond donors (Lipinski definition) is 1. The molecule has 0 aliphatic carbocycles. The van der Waals surface area contributed by atoms with Gasteiger partial charge in [-0.2, -0.15) is 0 Å². The Morgan fingerprint density at radius 2 is 0.842 bits per heavy atom. The van der Waals surface area contributed by atoms with Gasteiger partial charge in [0, 0.05) is 0 Å². The van der Waals surface area contributed by atoms with Gasteiger partial charge in [0.05, 0.1) is 18.2 Å². The first kappa shape index (κ1) is 29.2. The van der Waals surface area contributed by atoms with Crippen LogP contribution >= 0.6 is 0 Å². The van der Waals surface area contributed by atoms with Crippen molar-refractivity contribution in [1.82, 2.24) is 0 Å². The molecule has 3 aromatic carbocycles. The minimum absolute atomic E-state index is 0.290. The van der Waals surface area contributed by atoms with Gasteiger partial charge in [-0.15, -0.1) is 0 Å². The Morgan fingerprint density at radius 3 is 1.18 bits per heavy atom.